The van der Waals surface area contributed by atoms with Crippen LogP contribution in [0, 0.1) is 11.8 Å². The third-order valence-corrected chi connectivity index (χ3v) is 3.31. The number of aliphatic hydroxyl groups is 1. The van der Waals surface area contributed by atoms with Gasteiger partial charge in [-0.2, -0.15) is 0 Å². The maximum atomic E-state index is 10.0. The Balaban J connectivity index is 2.46. The third-order valence-electron chi connectivity index (χ3n) is 3.31. The van der Waals surface area contributed by atoms with E-state index in [0.717, 1.165) is 25.7 Å². The second kappa shape index (κ2) is 3.14. The summed E-state index contributed by atoms with van der Waals surface area (Å²) in [6.45, 7) is 6.53. The molecule has 0 heterocycles. The lowest BCUT2D eigenvalue weighted by Crippen LogP contribution is -2.23. The Kier molecular flexibility index (Phi) is 2.58. The van der Waals surface area contributed by atoms with Crippen molar-refractivity contribution < 1.29 is 5.11 Å². The van der Waals surface area contributed by atoms with Crippen molar-refractivity contribution in [3.05, 3.63) is 0 Å². The smallest absolute Gasteiger partial charge is 0.0708 e. The minimum Gasteiger partial charge on any atom is -0.389 e. The van der Waals surface area contributed by atoms with Crippen molar-refractivity contribution in [3.63, 3.8) is 0 Å². The molecular formula is C10H20O. The molecular weight excluding hydrogens is 136 g/mol. The van der Waals surface area contributed by atoms with E-state index in [0.29, 0.717) is 11.8 Å². The first kappa shape index (κ1) is 9.05. The van der Waals surface area contributed by atoms with E-state index in [1.165, 1.54) is 0 Å². The summed E-state index contributed by atoms with van der Waals surface area (Å²) >= 11 is 0. The fourth-order valence-electron chi connectivity index (χ4n) is 2.33. The predicted octanol–water partition coefficient (Wildman–Crippen LogP) is 2.58. The fraction of sp³-hybridized carbons (Fsp3) is 1.00. The zero-order valence-electron chi connectivity index (χ0n) is 7.93. The number of hydrogen-bond acceptors (Lipinski definition) is 1. The first-order valence-electron chi connectivity index (χ1n) is 4.91. The molecule has 0 spiro atoms. The second-order valence-corrected chi connectivity index (χ2v) is 3.81. The largest absolute Gasteiger partial charge is 0.389 e. The minimum atomic E-state index is -0.266. The SMILES string of the molecule is CCC(CC)C1(O)CC1CC. The van der Waals surface area contributed by atoms with Crippen molar-refractivity contribution in [2.75, 3.05) is 0 Å². The Morgan fingerprint density at radius 3 is 2.18 bits per heavy atom. The molecule has 2 unspecified atom stereocenters. The number of rotatable bonds is 4. The highest BCUT2D eigenvalue weighted by atomic mass is 16.3. The molecule has 1 fully saturated rings. The predicted molar refractivity (Wildman–Crippen MR) is 47.4 cm³/mol. The molecule has 1 heteroatoms. The Labute approximate surface area is 69.8 Å². The average Bonchev–Trinajstić information content (AvgIpc) is 2.65. The van der Waals surface area contributed by atoms with E-state index in [1.807, 2.05) is 0 Å². The van der Waals surface area contributed by atoms with Gasteiger partial charge in [-0.25, -0.2) is 0 Å². The van der Waals surface area contributed by atoms with Crippen molar-refractivity contribution in [2.24, 2.45) is 11.8 Å². The Morgan fingerprint density at radius 1 is 1.36 bits per heavy atom. The van der Waals surface area contributed by atoms with Gasteiger partial charge in [0.2, 0.25) is 0 Å². The molecule has 1 nitrogen and oxygen atoms in total. The summed E-state index contributed by atoms with van der Waals surface area (Å²) in [4.78, 5) is 0. The topological polar surface area (TPSA) is 20.2 Å². The van der Waals surface area contributed by atoms with Crippen LogP contribution in [0.25, 0.3) is 0 Å². The molecule has 0 bridgehead atoms. The van der Waals surface area contributed by atoms with Crippen molar-refractivity contribution in [1.29, 1.82) is 0 Å². The van der Waals surface area contributed by atoms with Crippen LogP contribution in [0.3, 0.4) is 0 Å². The monoisotopic (exact) mass is 156 g/mol. The highest BCUT2D eigenvalue weighted by Gasteiger charge is 2.55. The van der Waals surface area contributed by atoms with Crippen molar-refractivity contribution in [1.82, 2.24) is 0 Å². The number of hydrogen-bond donors (Lipinski definition) is 1. The molecule has 0 saturated heterocycles. The van der Waals surface area contributed by atoms with Crippen LogP contribution in [0.5, 0.6) is 0 Å². The van der Waals surface area contributed by atoms with E-state index in [4.69, 9.17) is 0 Å². The first-order chi connectivity index (χ1) is 5.19. The van der Waals surface area contributed by atoms with E-state index >= 15 is 0 Å². The Bertz CT molecular complexity index is 129. The maximum absolute atomic E-state index is 10.0. The van der Waals surface area contributed by atoms with Crippen LogP contribution in [0.4, 0.5) is 0 Å². The van der Waals surface area contributed by atoms with Crippen molar-refractivity contribution in [3.8, 4) is 0 Å². The van der Waals surface area contributed by atoms with Gasteiger partial charge in [-0.15, -0.1) is 0 Å². The van der Waals surface area contributed by atoms with Gasteiger partial charge < -0.3 is 5.11 Å². The average molecular weight is 156 g/mol. The summed E-state index contributed by atoms with van der Waals surface area (Å²) in [6, 6.07) is 0. The summed E-state index contributed by atoms with van der Waals surface area (Å²) in [5.41, 5.74) is -0.266. The molecule has 0 aromatic heterocycles. The van der Waals surface area contributed by atoms with Gasteiger partial charge in [-0.3, -0.25) is 0 Å². The van der Waals surface area contributed by atoms with Gasteiger partial charge in [0.05, 0.1) is 5.60 Å². The molecule has 2 atom stereocenters. The van der Waals surface area contributed by atoms with Gasteiger partial charge >= 0.3 is 0 Å². The maximum Gasteiger partial charge on any atom is 0.0708 e. The summed E-state index contributed by atoms with van der Waals surface area (Å²) in [7, 11) is 0. The van der Waals surface area contributed by atoms with E-state index in [2.05, 4.69) is 20.8 Å². The van der Waals surface area contributed by atoms with E-state index in [9.17, 15) is 5.11 Å². The lowest BCUT2D eigenvalue weighted by molar-refractivity contribution is 0.0600. The molecule has 1 rings (SSSR count). The third kappa shape index (κ3) is 1.44. The van der Waals surface area contributed by atoms with Crippen LogP contribution in [0.1, 0.15) is 46.5 Å². The molecule has 1 saturated carbocycles. The minimum absolute atomic E-state index is 0.266. The standard InChI is InChI=1S/C10H20O/c1-4-8(5-2)10(11)7-9(10)6-3/h8-9,11H,4-7H2,1-3H3. The summed E-state index contributed by atoms with van der Waals surface area (Å²) < 4.78 is 0. The molecule has 11 heavy (non-hydrogen) atoms. The zero-order chi connectivity index (χ0) is 8.48. The van der Waals surface area contributed by atoms with Gasteiger partial charge in [0, 0.05) is 0 Å². The van der Waals surface area contributed by atoms with Gasteiger partial charge in [0.25, 0.3) is 0 Å². The van der Waals surface area contributed by atoms with Crippen LogP contribution in [0.2, 0.25) is 0 Å². The molecule has 0 amide bonds. The second-order valence-electron chi connectivity index (χ2n) is 3.81. The van der Waals surface area contributed by atoms with Gasteiger partial charge in [-0.05, 0) is 18.3 Å². The fourth-order valence-corrected chi connectivity index (χ4v) is 2.33. The van der Waals surface area contributed by atoms with Gasteiger partial charge in [0.1, 0.15) is 0 Å². The van der Waals surface area contributed by atoms with E-state index in [1.54, 1.807) is 0 Å². The van der Waals surface area contributed by atoms with Crippen LogP contribution in [0.15, 0.2) is 0 Å². The van der Waals surface area contributed by atoms with Gasteiger partial charge in [-0.1, -0.05) is 40.0 Å². The molecule has 1 aliphatic carbocycles. The van der Waals surface area contributed by atoms with Crippen molar-refractivity contribution >= 4 is 0 Å². The van der Waals surface area contributed by atoms with Crippen LogP contribution in [-0.4, -0.2) is 10.7 Å². The molecule has 0 aromatic carbocycles. The summed E-state index contributed by atoms with van der Waals surface area (Å²) in [5.74, 6) is 1.15. The zero-order valence-corrected chi connectivity index (χ0v) is 7.93. The molecule has 66 valence electrons. The Hall–Kier alpha value is -0.0400. The molecule has 1 N–H and O–H groups in total. The highest BCUT2D eigenvalue weighted by molar-refractivity contribution is 5.06. The van der Waals surface area contributed by atoms with Crippen LogP contribution in [-0.2, 0) is 0 Å². The van der Waals surface area contributed by atoms with Crippen LogP contribution >= 0.6 is 0 Å². The van der Waals surface area contributed by atoms with Gasteiger partial charge in [0.15, 0.2) is 0 Å². The first-order valence-corrected chi connectivity index (χ1v) is 4.91. The molecule has 0 aromatic rings. The van der Waals surface area contributed by atoms with E-state index < -0.39 is 0 Å². The lowest BCUT2D eigenvalue weighted by Gasteiger charge is -2.20. The van der Waals surface area contributed by atoms with E-state index in [-0.39, 0.29) is 5.60 Å². The highest BCUT2D eigenvalue weighted by Crippen LogP contribution is 2.52. The molecule has 0 radical (unpaired) electrons. The van der Waals surface area contributed by atoms with Crippen LogP contribution < -0.4 is 0 Å². The quantitative estimate of drug-likeness (QED) is 0.663. The summed E-state index contributed by atoms with van der Waals surface area (Å²) in [5, 5.41) is 10.0. The molecule has 0 aliphatic heterocycles. The normalized spacial score (nSPS) is 36.3. The lowest BCUT2D eigenvalue weighted by atomic mass is 9.92. The molecule has 1 aliphatic rings. The summed E-state index contributed by atoms with van der Waals surface area (Å²) in [6.07, 6.45) is 4.45. The van der Waals surface area contributed by atoms with Crippen molar-refractivity contribution in [2.45, 2.75) is 52.1 Å². The Morgan fingerprint density at radius 2 is 1.91 bits per heavy atom.